The van der Waals surface area contributed by atoms with Crippen molar-refractivity contribution in [3.63, 3.8) is 0 Å². The topological polar surface area (TPSA) is 53.1 Å². The van der Waals surface area contributed by atoms with Crippen molar-refractivity contribution in [2.75, 3.05) is 51.3 Å². The first kappa shape index (κ1) is 23.4. The van der Waals surface area contributed by atoms with Crippen LogP contribution >= 0.6 is 0 Å². The summed E-state index contributed by atoms with van der Waals surface area (Å²) in [6.45, 7) is 5.83. The number of methoxy groups -OCH3 is 1. The second-order valence-corrected chi connectivity index (χ2v) is 9.41. The van der Waals surface area contributed by atoms with E-state index in [2.05, 4.69) is 21.9 Å². The lowest BCUT2D eigenvalue weighted by molar-refractivity contribution is 0.0607. The SMILES string of the molecule is COc1ccc(N2CCN(CCCCCCN3C(=O)c4cccc5cccc(c45)C3=O)CC2)cc1. The van der Waals surface area contributed by atoms with Crippen LogP contribution < -0.4 is 9.64 Å². The molecule has 1 fully saturated rings. The van der Waals surface area contributed by atoms with Crippen molar-refractivity contribution in [3.05, 3.63) is 71.8 Å². The summed E-state index contributed by atoms with van der Waals surface area (Å²) in [4.78, 5) is 32.4. The third-order valence-electron chi connectivity index (χ3n) is 7.27. The molecule has 2 aliphatic rings. The summed E-state index contributed by atoms with van der Waals surface area (Å²) in [6, 6.07) is 19.7. The standard InChI is InChI=1S/C29H33N3O3/c1-35-24-14-12-23(13-15-24)31-20-18-30(19-21-31)16-4-2-3-5-17-32-28(33)25-10-6-8-22-9-7-11-26(27(22)25)29(32)34/h6-15H,2-5,16-21H2,1H3. The molecule has 0 bridgehead atoms. The first-order valence-corrected chi connectivity index (χ1v) is 12.6. The molecule has 0 atom stereocenters. The Balaban J connectivity index is 1.03. The van der Waals surface area contributed by atoms with Gasteiger partial charge in [0.15, 0.2) is 0 Å². The Labute approximate surface area is 207 Å². The molecule has 0 aromatic heterocycles. The minimum Gasteiger partial charge on any atom is -0.497 e. The highest BCUT2D eigenvalue weighted by Gasteiger charge is 2.32. The Morgan fingerprint density at radius 3 is 1.91 bits per heavy atom. The van der Waals surface area contributed by atoms with Crippen molar-refractivity contribution in [2.45, 2.75) is 25.7 Å². The zero-order valence-corrected chi connectivity index (χ0v) is 20.4. The van der Waals surface area contributed by atoms with Crippen molar-refractivity contribution < 1.29 is 14.3 Å². The van der Waals surface area contributed by atoms with E-state index in [1.54, 1.807) is 7.11 Å². The van der Waals surface area contributed by atoms with Crippen LogP contribution in [-0.2, 0) is 0 Å². The van der Waals surface area contributed by atoms with Crippen molar-refractivity contribution in [1.82, 2.24) is 9.80 Å². The molecule has 0 aliphatic carbocycles. The Kier molecular flexibility index (Phi) is 7.00. The molecule has 0 spiro atoms. The first-order valence-electron chi connectivity index (χ1n) is 12.6. The average molecular weight is 472 g/mol. The van der Waals surface area contributed by atoms with Crippen LogP contribution in [0.2, 0.25) is 0 Å². The maximum Gasteiger partial charge on any atom is 0.261 e. The molecule has 2 heterocycles. The van der Waals surface area contributed by atoms with E-state index < -0.39 is 0 Å². The molecule has 2 aliphatic heterocycles. The fourth-order valence-corrected chi connectivity index (χ4v) is 5.27. The molecule has 5 rings (SSSR count). The molecule has 1 saturated heterocycles. The molecule has 3 aromatic carbocycles. The number of hydrogen-bond acceptors (Lipinski definition) is 5. The van der Waals surface area contributed by atoms with Gasteiger partial charge in [-0.3, -0.25) is 19.4 Å². The number of unbranched alkanes of at least 4 members (excludes halogenated alkanes) is 3. The minimum absolute atomic E-state index is 0.158. The van der Waals surface area contributed by atoms with Crippen LogP contribution in [0.4, 0.5) is 5.69 Å². The Morgan fingerprint density at radius 1 is 0.714 bits per heavy atom. The number of carbonyl (C=O) groups excluding carboxylic acids is 2. The predicted molar refractivity (Wildman–Crippen MR) is 139 cm³/mol. The van der Waals surface area contributed by atoms with Crippen LogP contribution in [0, 0.1) is 0 Å². The summed E-state index contributed by atoms with van der Waals surface area (Å²) in [7, 11) is 1.69. The maximum absolute atomic E-state index is 13.0. The number of imide groups is 1. The Morgan fingerprint density at radius 2 is 1.31 bits per heavy atom. The van der Waals surface area contributed by atoms with Gasteiger partial charge < -0.3 is 9.64 Å². The fourth-order valence-electron chi connectivity index (χ4n) is 5.27. The fraction of sp³-hybridized carbons (Fsp3) is 0.379. The van der Waals surface area contributed by atoms with Crippen LogP contribution in [-0.4, -0.2) is 68.0 Å². The molecule has 6 nitrogen and oxygen atoms in total. The summed E-state index contributed by atoms with van der Waals surface area (Å²) >= 11 is 0. The number of carbonyl (C=O) groups is 2. The second-order valence-electron chi connectivity index (χ2n) is 9.41. The van der Waals surface area contributed by atoms with Crippen LogP contribution in [0.15, 0.2) is 60.7 Å². The number of piperazine rings is 1. The molecule has 35 heavy (non-hydrogen) atoms. The molecule has 2 amide bonds. The summed E-state index contributed by atoms with van der Waals surface area (Å²) in [6.07, 6.45) is 4.13. The van der Waals surface area contributed by atoms with Crippen molar-refractivity contribution >= 4 is 28.3 Å². The molecule has 0 N–H and O–H groups in total. The van der Waals surface area contributed by atoms with Gasteiger partial charge in [-0.05, 0) is 61.2 Å². The van der Waals surface area contributed by atoms with Crippen LogP contribution in [0.3, 0.4) is 0 Å². The first-order chi connectivity index (χ1) is 17.2. The summed E-state index contributed by atoms with van der Waals surface area (Å²) in [5.41, 5.74) is 2.55. The molecule has 0 unspecified atom stereocenters. The van der Waals surface area contributed by atoms with Gasteiger partial charge in [0, 0.05) is 54.9 Å². The zero-order chi connectivity index (χ0) is 24.2. The molecular formula is C29H33N3O3. The highest BCUT2D eigenvalue weighted by atomic mass is 16.5. The largest absolute Gasteiger partial charge is 0.497 e. The van der Waals surface area contributed by atoms with Gasteiger partial charge in [0.2, 0.25) is 0 Å². The number of benzene rings is 3. The molecule has 182 valence electrons. The predicted octanol–water partition coefficient (Wildman–Crippen LogP) is 4.83. The van der Waals surface area contributed by atoms with Gasteiger partial charge in [-0.2, -0.15) is 0 Å². The van der Waals surface area contributed by atoms with Gasteiger partial charge in [0.25, 0.3) is 11.8 Å². The molecule has 0 saturated carbocycles. The molecular weight excluding hydrogens is 438 g/mol. The smallest absolute Gasteiger partial charge is 0.261 e. The summed E-state index contributed by atoms with van der Waals surface area (Å²) in [5, 5.41) is 1.75. The maximum atomic E-state index is 13.0. The Hall–Kier alpha value is -3.38. The van der Waals surface area contributed by atoms with E-state index in [0.29, 0.717) is 17.7 Å². The lowest BCUT2D eigenvalue weighted by Crippen LogP contribution is -2.46. The highest BCUT2D eigenvalue weighted by Crippen LogP contribution is 2.30. The minimum atomic E-state index is -0.158. The quantitative estimate of drug-likeness (QED) is 0.331. The van der Waals surface area contributed by atoms with Gasteiger partial charge in [0.1, 0.15) is 5.75 Å². The van der Waals surface area contributed by atoms with E-state index in [1.807, 2.05) is 48.5 Å². The number of amides is 2. The summed E-state index contributed by atoms with van der Waals surface area (Å²) < 4.78 is 5.25. The van der Waals surface area contributed by atoms with E-state index >= 15 is 0 Å². The van der Waals surface area contributed by atoms with Crippen molar-refractivity contribution in [2.24, 2.45) is 0 Å². The lowest BCUT2D eigenvalue weighted by atomic mass is 9.94. The number of rotatable bonds is 9. The average Bonchev–Trinajstić information content (AvgIpc) is 2.91. The summed E-state index contributed by atoms with van der Waals surface area (Å²) in [5.74, 6) is 0.576. The number of ether oxygens (including phenoxy) is 1. The van der Waals surface area contributed by atoms with Crippen LogP contribution in [0.1, 0.15) is 46.4 Å². The van der Waals surface area contributed by atoms with Gasteiger partial charge in [-0.1, -0.05) is 37.1 Å². The van der Waals surface area contributed by atoms with Crippen LogP contribution in [0.25, 0.3) is 10.8 Å². The van der Waals surface area contributed by atoms with E-state index in [0.717, 1.165) is 74.9 Å². The highest BCUT2D eigenvalue weighted by molar-refractivity contribution is 6.25. The van der Waals surface area contributed by atoms with E-state index in [4.69, 9.17) is 4.74 Å². The van der Waals surface area contributed by atoms with Crippen LogP contribution in [0.5, 0.6) is 5.75 Å². The molecule has 3 aromatic rings. The van der Waals surface area contributed by atoms with Gasteiger partial charge >= 0.3 is 0 Å². The number of nitrogens with zero attached hydrogens (tertiary/aromatic N) is 3. The van der Waals surface area contributed by atoms with Crippen molar-refractivity contribution in [1.29, 1.82) is 0 Å². The van der Waals surface area contributed by atoms with E-state index in [9.17, 15) is 9.59 Å². The second kappa shape index (κ2) is 10.5. The van der Waals surface area contributed by atoms with Gasteiger partial charge in [-0.15, -0.1) is 0 Å². The Bertz CT molecular complexity index is 1150. The lowest BCUT2D eigenvalue weighted by Gasteiger charge is -2.36. The number of hydrogen-bond donors (Lipinski definition) is 0. The van der Waals surface area contributed by atoms with Gasteiger partial charge in [0.05, 0.1) is 7.11 Å². The zero-order valence-electron chi connectivity index (χ0n) is 20.4. The number of anilines is 1. The molecule has 6 heteroatoms. The van der Waals surface area contributed by atoms with E-state index in [1.165, 1.54) is 10.6 Å². The van der Waals surface area contributed by atoms with E-state index in [-0.39, 0.29) is 11.8 Å². The third-order valence-corrected chi connectivity index (χ3v) is 7.27. The normalized spacial score (nSPS) is 16.3. The third kappa shape index (κ3) is 4.89. The van der Waals surface area contributed by atoms with Crippen molar-refractivity contribution in [3.8, 4) is 5.75 Å². The monoisotopic (exact) mass is 471 g/mol. The van der Waals surface area contributed by atoms with Gasteiger partial charge in [-0.25, -0.2) is 0 Å². The molecule has 0 radical (unpaired) electrons.